The fourth-order valence-electron chi connectivity index (χ4n) is 4.02. The van der Waals surface area contributed by atoms with Gasteiger partial charge < -0.3 is 20.1 Å². The van der Waals surface area contributed by atoms with Crippen molar-refractivity contribution in [2.24, 2.45) is 10.8 Å². The molecule has 0 aromatic carbocycles. The van der Waals surface area contributed by atoms with Crippen LogP contribution in [-0.2, 0) is 9.47 Å². The van der Waals surface area contributed by atoms with E-state index in [0.717, 1.165) is 31.6 Å². The van der Waals surface area contributed by atoms with Gasteiger partial charge in [-0.2, -0.15) is 0 Å². The van der Waals surface area contributed by atoms with E-state index in [4.69, 9.17) is 21.7 Å². The lowest BCUT2D eigenvalue weighted by molar-refractivity contribution is 0.0725. The van der Waals surface area contributed by atoms with Gasteiger partial charge in [0.25, 0.3) is 5.17 Å². The summed E-state index contributed by atoms with van der Waals surface area (Å²) in [7, 11) is 0. The molecule has 1 aliphatic rings. The molecule has 0 saturated heterocycles. The van der Waals surface area contributed by atoms with Crippen LogP contribution in [-0.4, -0.2) is 24.4 Å². The SMILES string of the molecule is C=C(NCC1(C)CC(NC(=S)OCC)CC(C)(C)C1)O/C(C)=C/C=C\C. The van der Waals surface area contributed by atoms with Crippen LogP contribution in [0.1, 0.15) is 60.8 Å². The number of thiocarbonyl (C=S) groups is 1. The molecule has 0 aromatic heterocycles. The number of rotatable bonds is 8. The van der Waals surface area contributed by atoms with Gasteiger partial charge in [-0.1, -0.05) is 32.9 Å². The first-order valence-corrected chi connectivity index (χ1v) is 9.83. The van der Waals surface area contributed by atoms with Gasteiger partial charge in [-0.05, 0) is 75.7 Å². The minimum absolute atomic E-state index is 0.120. The number of allylic oxidation sites excluding steroid dienone is 4. The molecule has 2 N–H and O–H groups in total. The molecule has 0 spiro atoms. The second kappa shape index (κ2) is 10.0. The van der Waals surface area contributed by atoms with E-state index in [-0.39, 0.29) is 10.8 Å². The molecule has 1 rings (SSSR count). The molecule has 0 radical (unpaired) electrons. The molecule has 1 aliphatic carbocycles. The molecule has 4 nitrogen and oxygen atoms in total. The van der Waals surface area contributed by atoms with Crippen molar-refractivity contribution in [1.82, 2.24) is 10.6 Å². The van der Waals surface area contributed by atoms with Gasteiger partial charge in [0.1, 0.15) is 5.76 Å². The van der Waals surface area contributed by atoms with Crippen molar-refractivity contribution in [2.45, 2.75) is 66.8 Å². The first-order valence-electron chi connectivity index (χ1n) is 9.43. The van der Waals surface area contributed by atoms with E-state index >= 15 is 0 Å². The highest BCUT2D eigenvalue weighted by Crippen LogP contribution is 2.45. The normalized spacial score (nSPS) is 25.6. The van der Waals surface area contributed by atoms with E-state index in [0.29, 0.717) is 23.7 Å². The summed E-state index contributed by atoms with van der Waals surface area (Å²) in [6, 6.07) is 0.315. The Morgan fingerprint density at radius 3 is 2.62 bits per heavy atom. The highest BCUT2D eigenvalue weighted by Gasteiger charge is 2.41. The highest BCUT2D eigenvalue weighted by atomic mass is 32.1. The smallest absolute Gasteiger partial charge is 0.256 e. The summed E-state index contributed by atoms with van der Waals surface area (Å²) in [5.74, 6) is 1.40. The zero-order valence-corrected chi connectivity index (χ0v) is 18.1. The predicted molar refractivity (Wildman–Crippen MR) is 114 cm³/mol. The molecule has 148 valence electrons. The number of nitrogens with one attached hydrogen (secondary N) is 2. The van der Waals surface area contributed by atoms with Crippen molar-refractivity contribution in [2.75, 3.05) is 13.2 Å². The fraction of sp³-hybridized carbons (Fsp3) is 0.667. The lowest BCUT2D eigenvalue weighted by Crippen LogP contribution is -2.49. The molecule has 0 bridgehead atoms. The summed E-state index contributed by atoms with van der Waals surface area (Å²) < 4.78 is 11.1. The molecule has 0 heterocycles. The maximum absolute atomic E-state index is 5.71. The molecular formula is C21H36N2O2S. The molecule has 1 saturated carbocycles. The largest absolute Gasteiger partial charge is 0.471 e. The lowest BCUT2D eigenvalue weighted by atomic mass is 9.62. The van der Waals surface area contributed by atoms with Gasteiger partial charge in [0.05, 0.1) is 6.61 Å². The van der Waals surface area contributed by atoms with Crippen molar-refractivity contribution in [3.8, 4) is 0 Å². The molecule has 0 aliphatic heterocycles. The van der Waals surface area contributed by atoms with E-state index in [2.05, 4.69) is 38.0 Å². The molecule has 0 amide bonds. The lowest BCUT2D eigenvalue weighted by Gasteiger charge is -2.47. The zero-order chi connectivity index (χ0) is 19.8. The monoisotopic (exact) mass is 380 g/mol. The first kappa shape index (κ1) is 22.6. The van der Waals surface area contributed by atoms with Crippen LogP contribution < -0.4 is 10.6 Å². The van der Waals surface area contributed by atoms with Gasteiger partial charge in [0.15, 0.2) is 5.88 Å². The third-order valence-corrected chi connectivity index (χ3v) is 4.80. The molecule has 1 fully saturated rings. The average Bonchev–Trinajstić information content (AvgIpc) is 2.49. The summed E-state index contributed by atoms with van der Waals surface area (Å²) in [5, 5.41) is 7.25. The Morgan fingerprint density at radius 1 is 1.31 bits per heavy atom. The average molecular weight is 381 g/mol. The molecular weight excluding hydrogens is 344 g/mol. The number of ether oxygens (including phenoxy) is 2. The predicted octanol–water partition coefficient (Wildman–Crippen LogP) is 5.04. The Bertz CT molecular complexity index is 554. The van der Waals surface area contributed by atoms with E-state index in [1.165, 1.54) is 0 Å². The van der Waals surface area contributed by atoms with Crippen LogP contribution in [0.4, 0.5) is 0 Å². The van der Waals surface area contributed by atoms with Crippen molar-refractivity contribution < 1.29 is 9.47 Å². The van der Waals surface area contributed by atoms with Gasteiger partial charge in [0.2, 0.25) is 0 Å². The maximum Gasteiger partial charge on any atom is 0.256 e. The Morgan fingerprint density at radius 2 is 2.00 bits per heavy atom. The summed E-state index contributed by atoms with van der Waals surface area (Å²) in [5.41, 5.74) is 0.354. The summed E-state index contributed by atoms with van der Waals surface area (Å²) >= 11 is 5.28. The van der Waals surface area contributed by atoms with Crippen molar-refractivity contribution in [3.05, 3.63) is 36.4 Å². The minimum Gasteiger partial charge on any atom is -0.471 e. The molecule has 2 unspecified atom stereocenters. The van der Waals surface area contributed by atoms with E-state index < -0.39 is 0 Å². The van der Waals surface area contributed by atoms with Crippen LogP contribution in [0.2, 0.25) is 0 Å². The van der Waals surface area contributed by atoms with Gasteiger partial charge in [0, 0.05) is 12.6 Å². The molecule has 5 heteroatoms. The van der Waals surface area contributed by atoms with Crippen molar-refractivity contribution in [1.29, 1.82) is 0 Å². The summed E-state index contributed by atoms with van der Waals surface area (Å²) in [6.07, 6.45) is 9.08. The van der Waals surface area contributed by atoms with Crippen LogP contribution >= 0.6 is 12.2 Å². The van der Waals surface area contributed by atoms with Crippen molar-refractivity contribution >= 4 is 17.4 Å². The van der Waals surface area contributed by atoms with Crippen molar-refractivity contribution in [3.63, 3.8) is 0 Å². The number of hydrogen-bond donors (Lipinski definition) is 2. The van der Waals surface area contributed by atoms with Gasteiger partial charge in [-0.25, -0.2) is 0 Å². The van der Waals surface area contributed by atoms with Crippen LogP contribution in [0.25, 0.3) is 0 Å². The second-order valence-corrected chi connectivity index (χ2v) is 8.67. The topological polar surface area (TPSA) is 42.5 Å². The van der Waals surface area contributed by atoms with E-state index in [9.17, 15) is 0 Å². The van der Waals surface area contributed by atoms with Crippen LogP contribution in [0, 0.1) is 10.8 Å². The van der Waals surface area contributed by atoms with Crippen LogP contribution in [0.3, 0.4) is 0 Å². The second-order valence-electron chi connectivity index (χ2n) is 8.30. The third kappa shape index (κ3) is 8.26. The minimum atomic E-state index is 0.120. The van der Waals surface area contributed by atoms with E-state index in [1.54, 1.807) is 0 Å². The van der Waals surface area contributed by atoms with Gasteiger partial charge in [-0.3, -0.25) is 0 Å². The van der Waals surface area contributed by atoms with E-state index in [1.807, 2.05) is 39.0 Å². The molecule has 0 aromatic rings. The number of hydrogen-bond acceptors (Lipinski definition) is 4. The fourth-order valence-corrected chi connectivity index (χ4v) is 4.30. The van der Waals surface area contributed by atoms with Gasteiger partial charge >= 0.3 is 0 Å². The Labute approximate surface area is 165 Å². The molecule has 26 heavy (non-hydrogen) atoms. The Balaban J connectivity index is 2.65. The van der Waals surface area contributed by atoms with Crippen LogP contribution in [0.15, 0.2) is 36.4 Å². The third-order valence-electron chi connectivity index (χ3n) is 4.56. The quantitative estimate of drug-likeness (QED) is 0.351. The highest BCUT2D eigenvalue weighted by molar-refractivity contribution is 7.80. The standard InChI is InChI=1S/C21H36N2O2S/c1-8-10-11-16(3)25-17(4)22-15-21(7)13-18(12-20(5,6)14-21)23-19(26)24-9-2/h8,10-11,18,22H,4,9,12-15H2,1-3,5-7H3,(H,23,26)/b10-8-,16-11+. The van der Waals surface area contributed by atoms with Gasteiger partial charge in [-0.15, -0.1) is 0 Å². The summed E-state index contributed by atoms with van der Waals surface area (Å²) in [4.78, 5) is 0. The summed E-state index contributed by atoms with van der Waals surface area (Å²) in [6.45, 7) is 18.2. The Hall–Kier alpha value is -1.49. The first-order chi connectivity index (χ1) is 12.1. The maximum atomic E-state index is 5.71. The van der Waals surface area contributed by atoms with Crippen LogP contribution in [0.5, 0.6) is 0 Å². The Kier molecular flexibility index (Phi) is 8.68. The zero-order valence-electron chi connectivity index (χ0n) is 17.3. The molecule has 2 atom stereocenters.